The van der Waals surface area contributed by atoms with Crippen LogP contribution in [0.25, 0.3) is 5.69 Å². The molecule has 16 heavy (non-hydrogen) atoms. The summed E-state index contributed by atoms with van der Waals surface area (Å²) in [5.41, 5.74) is 9.19. The van der Waals surface area contributed by atoms with Crippen molar-refractivity contribution in [1.29, 1.82) is 0 Å². The Labute approximate surface area is 103 Å². The summed E-state index contributed by atoms with van der Waals surface area (Å²) in [6, 6.07) is 6.21. The van der Waals surface area contributed by atoms with Gasteiger partial charge in [0.25, 0.3) is 0 Å². The van der Waals surface area contributed by atoms with E-state index in [0.717, 1.165) is 15.9 Å². The summed E-state index contributed by atoms with van der Waals surface area (Å²) in [6.45, 7) is 4.02. The van der Waals surface area contributed by atoms with Crippen LogP contribution >= 0.6 is 15.9 Å². The molecular formula is C12H14BrN3. The fraction of sp³-hybridized carbons (Fsp3) is 0.250. The van der Waals surface area contributed by atoms with Crippen LogP contribution in [-0.4, -0.2) is 9.55 Å². The largest absolute Gasteiger partial charge is 0.323 e. The van der Waals surface area contributed by atoms with E-state index in [2.05, 4.69) is 46.0 Å². The zero-order valence-electron chi connectivity index (χ0n) is 9.31. The molecule has 2 N–H and O–H groups in total. The Morgan fingerprint density at radius 1 is 1.38 bits per heavy atom. The highest BCUT2D eigenvalue weighted by atomic mass is 79.9. The predicted molar refractivity (Wildman–Crippen MR) is 68.6 cm³/mol. The van der Waals surface area contributed by atoms with E-state index in [0.29, 0.717) is 0 Å². The van der Waals surface area contributed by atoms with E-state index in [4.69, 9.17) is 5.73 Å². The molecular weight excluding hydrogens is 266 g/mol. The first-order valence-electron chi connectivity index (χ1n) is 5.13. The Morgan fingerprint density at radius 2 is 2.12 bits per heavy atom. The molecule has 0 saturated heterocycles. The van der Waals surface area contributed by atoms with Gasteiger partial charge >= 0.3 is 0 Å². The average molecular weight is 280 g/mol. The fourth-order valence-corrected chi connectivity index (χ4v) is 2.31. The molecule has 1 aromatic heterocycles. The molecule has 1 aromatic carbocycles. The number of hydrogen-bond acceptors (Lipinski definition) is 2. The van der Waals surface area contributed by atoms with Crippen molar-refractivity contribution < 1.29 is 0 Å². The Kier molecular flexibility index (Phi) is 3.12. The van der Waals surface area contributed by atoms with Gasteiger partial charge in [-0.15, -0.1) is 0 Å². The molecule has 4 heteroatoms. The molecule has 0 aliphatic rings. The first-order valence-corrected chi connectivity index (χ1v) is 5.92. The minimum Gasteiger partial charge on any atom is -0.323 e. The molecule has 0 saturated carbocycles. The number of imidazole rings is 1. The smallest absolute Gasteiger partial charge is 0.0994 e. The van der Waals surface area contributed by atoms with Gasteiger partial charge in [-0.25, -0.2) is 4.98 Å². The van der Waals surface area contributed by atoms with Gasteiger partial charge in [0.05, 0.1) is 18.2 Å². The highest BCUT2D eigenvalue weighted by Gasteiger charge is 2.08. The molecule has 84 valence electrons. The van der Waals surface area contributed by atoms with Crippen LogP contribution in [0.15, 0.2) is 35.2 Å². The average Bonchev–Trinajstić information content (AvgIpc) is 2.63. The van der Waals surface area contributed by atoms with Crippen LogP contribution in [0.2, 0.25) is 0 Å². The Bertz CT molecular complexity index is 482. The van der Waals surface area contributed by atoms with E-state index in [-0.39, 0.29) is 6.04 Å². The first-order chi connectivity index (χ1) is 7.58. The monoisotopic (exact) mass is 279 g/mol. The number of hydrogen-bond donors (Lipinski definition) is 1. The lowest BCUT2D eigenvalue weighted by Crippen LogP contribution is -2.10. The summed E-state index contributed by atoms with van der Waals surface area (Å²) in [5, 5.41) is 0. The maximum absolute atomic E-state index is 5.90. The van der Waals surface area contributed by atoms with Gasteiger partial charge in [-0.1, -0.05) is 15.9 Å². The van der Waals surface area contributed by atoms with Crippen molar-refractivity contribution in [2.24, 2.45) is 5.73 Å². The van der Waals surface area contributed by atoms with Gasteiger partial charge in [-0.3, -0.25) is 0 Å². The van der Waals surface area contributed by atoms with Gasteiger partial charge in [0.2, 0.25) is 0 Å². The van der Waals surface area contributed by atoms with Gasteiger partial charge in [-0.05, 0) is 37.6 Å². The molecule has 0 amide bonds. The second kappa shape index (κ2) is 4.39. The van der Waals surface area contributed by atoms with E-state index in [1.807, 2.05) is 11.5 Å². The molecule has 2 aromatic rings. The topological polar surface area (TPSA) is 43.8 Å². The third-order valence-corrected chi connectivity index (χ3v) is 2.90. The van der Waals surface area contributed by atoms with Crippen LogP contribution in [0.1, 0.15) is 24.2 Å². The van der Waals surface area contributed by atoms with Crippen molar-refractivity contribution >= 4 is 15.9 Å². The minimum absolute atomic E-state index is 0.0261. The Hall–Kier alpha value is -1.13. The fourth-order valence-electron chi connectivity index (χ4n) is 1.71. The number of nitrogens with zero attached hydrogens (tertiary/aromatic N) is 2. The molecule has 1 unspecified atom stereocenters. The number of halogens is 1. The second-order valence-electron chi connectivity index (χ2n) is 3.96. The third-order valence-electron chi connectivity index (χ3n) is 2.44. The highest BCUT2D eigenvalue weighted by molar-refractivity contribution is 9.10. The number of aryl methyl sites for hydroxylation is 1. The number of benzene rings is 1. The standard InChI is InChI=1S/C12H14BrN3/c1-8-3-10(13)5-11(4-8)16-7-15-6-12(16)9(2)14/h3-7,9H,14H2,1-2H3. The van der Waals surface area contributed by atoms with Gasteiger partial charge in [0.15, 0.2) is 0 Å². The van der Waals surface area contributed by atoms with E-state index in [1.54, 1.807) is 12.5 Å². The third kappa shape index (κ3) is 2.18. The van der Waals surface area contributed by atoms with E-state index >= 15 is 0 Å². The molecule has 0 aliphatic carbocycles. The van der Waals surface area contributed by atoms with Gasteiger partial charge in [0.1, 0.15) is 0 Å². The summed E-state index contributed by atoms with van der Waals surface area (Å²) in [5.74, 6) is 0. The maximum atomic E-state index is 5.90. The van der Waals surface area contributed by atoms with E-state index in [1.165, 1.54) is 5.56 Å². The van der Waals surface area contributed by atoms with Crippen molar-refractivity contribution in [2.75, 3.05) is 0 Å². The normalized spacial score (nSPS) is 12.8. The van der Waals surface area contributed by atoms with Crippen LogP contribution < -0.4 is 5.73 Å². The lowest BCUT2D eigenvalue weighted by molar-refractivity contribution is 0.752. The summed E-state index contributed by atoms with van der Waals surface area (Å²) in [6.07, 6.45) is 3.60. The molecule has 0 radical (unpaired) electrons. The quantitative estimate of drug-likeness (QED) is 0.919. The lowest BCUT2D eigenvalue weighted by atomic mass is 10.2. The summed E-state index contributed by atoms with van der Waals surface area (Å²) in [4.78, 5) is 4.15. The van der Waals surface area contributed by atoms with Crippen molar-refractivity contribution in [2.45, 2.75) is 19.9 Å². The van der Waals surface area contributed by atoms with Gasteiger partial charge in [0, 0.05) is 16.2 Å². The molecule has 0 fully saturated rings. The zero-order valence-corrected chi connectivity index (χ0v) is 10.9. The lowest BCUT2D eigenvalue weighted by Gasteiger charge is -2.11. The summed E-state index contributed by atoms with van der Waals surface area (Å²) < 4.78 is 3.08. The van der Waals surface area contributed by atoms with Crippen molar-refractivity contribution in [3.8, 4) is 5.69 Å². The maximum Gasteiger partial charge on any atom is 0.0994 e. The van der Waals surface area contributed by atoms with Crippen molar-refractivity contribution in [1.82, 2.24) is 9.55 Å². The van der Waals surface area contributed by atoms with E-state index in [9.17, 15) is 0 Å². The zero-order chi connectivity index (χ0) is 11.7. The molecule has 1 heterocycles. The molecule has 1 atom stereocenters. The van der Waals surface area contributed by atoms with Gasteiger partial charge < -0.3 is 10.3 Å². The van der Waals surface area contributed by atoms with E-state index < -0.39 is 0 Å². The summed E-state index contributed by atoms with van der Waals surface area (Å²) >= 11 is 3.50. The molecule has 0 spiro atoms. The van der Waals surface area contributed by atoms with Crippen LogP contribution in [0.5, 0.6) is 0 Å². The van der Waals surface area contributed by atoms with Gasteiger partial charge in [-0.2, -0.15) is 0 Å². The van der Waals surface area contributed by atoms with Crippen molar-refractivity contribution in [3.05, 3.63) is 46.5 Å². The summed E-state index contributed by atoms with van der Waals surface area (Å²) in [7, 11) is 0. The molecule has 0 bridgehead atoms. The Morgan fingerprint density at radius 3 is 2.75 bits per heavy atom. The van der Waals surface area contributed by atoms with Crippen LogP contribution in [-0.2, 0) is 0 Å². The molecule has 0 aliphatic heterocycles. The number of nitrogens with two attached hydrogens (primary N) is 1. The molecule has 2 rings (SSSR count). The predicted octanol–water partition coefficient (Wildman–Crippen LogP) is 2.96. The van der Waals surface area contributed by atoms with Crippen LogP contribution in [0.4, 0.5) is 0 Å². The second-order valence-corrected chi connectivity index (χ2v) is 4.88. The van der Waals surface area contributed by atoms with Crippen LogP contribution in [0, 0.1) is 6.92 Å². The minimum atomic E-state index is -0.0261. The highest BCUT2D eigenvalue weighted by Crippen LogP contribution is 2.21. The van der Waals surface area contributed by atoms with Crippen LogP contribution in [0.3, 0.4) is 0 Å². The number of aromatic nitrogens is 2. The SMILES string of the molecule is Cc1cc(Br)cc(-n2cncc2C(C)N)c1. The Balaban J connectivity index is 2.54. The first kappa shape index (κ1) is 11.4. The number of rotatable bonds is 2. The van der Waals surface area contributed by atoms with Crippen molar-refractivity contribution in [3.63, 3.8) is 0 Å². The molecule has 3 nitrogen and oxygen atoms in total.